The van der Waals surface area contributed by atoms with E-state index in [0.29, 0.717) is 13.2 Å². The van der Waals surface area contributed by atoms with E-state index in [2.05, 4.69) is 14.9 Å². The molecule has 0 bridgehead atoms. The second-order valence-electron chi connectivity index (χ2n) is 5.97. The highest BCUT2D eigenvalue weighted by Crippen LogP contribution is 2.35. The van der Waals surface area contributed by atoms with Crippen molar-refractivity contribution >= 4 is 28.5 Å². The Kier molecular flexibility index (Phi) is 4.54. The van der Waals surface area contributed by atoms with Gasteiger partial charge in [0.1, 0.15) is 5.37 Å². The fourth-order valence-electron chi connectivity index (χ4n) is 2.96. The lowest BCUT2D eigenvalue weighted by Gasteiger charge is -2.37. The number of thioether (sulfide) groups is 1. The molecule has 0 spiro atoms. The zero-order valence-corrected chi connectivity index (χ0v) is 14.5. The molecule has 0 amide bonds. The molecule has 8 heteroatoms. The number of benzene rings is 2. The molecule has 1 aliphatic heterocycles. The lowest BCUT2D eigenvalue weighted by Crippen LogP contribution is -2.43. The molecule has 1 atom stereocenters. The Balaban J connectivity index is 1.55. The maximum Gasteiger partial charge on any atom is 0.416 e. The molecule has 1 aliphatic rings. The van der Waals surface area contributed by atoms with E-state index in [0.717, 1.165) is 40.3 Å². The fraction of sp³-hybridized carbons (Fsp3) is 0.278. The standard InChI is InChI=1S/C18H16F3N3OS/c19-18(20,21)12-1-4-14(5-2-12)26-17-10-25-8-7-24(17)13-3-6-15-16(9-13)23-11-22-15/h1-6,9,11,17H,7-8,10H2,(H,22,23). The average Bonchev–Trinajstić information content (AvgIpc) is 3.09. The summed E-state index contributed by atoms with van der Waals surface area (Å²) in [6, 6.07) is 11.3. The van der Waals surface area contributed by atoms with Crippen LogP contribution in [0.4, 0.5) is 18.9 Å². The number of fused-ring (bicyclic) bond motifs is 1. The van der Waals surface area contributed by atoms with Crippen LogP contribution in [-0.4, -0.2) is 35.1 Å². The predicted octanol–water partition coefficient (Wildman–Crippen LogP) is 4.54. The summed E-state index contributed by atoms with van der Waals surface area (Å²) in [4.78, 5) is 10.3. The molecule has 1 aromatic heterocycles. The van der Waals surface area contributed by atoms with Crippen LogP contribution in [0.25, 0.3) is 11.0 Å². The van der Waals surface area contributed by atoms with Crippen molar-refractivity contribution < 1.29 is 17.9 Å². The molecule has 1 N–H and O–H groups in total. The Bertz CT molecular complexity index is 895. The van der Waals surface area contributed by atoms with Gasteiger partial charge in [-0.25, -0.2) is 4.98 Å². The van der Waals surface area contributed by atoms with Crippen LogP contribution >= 0.6 is 11.8 Å². The molecule has 1 saturated heterocycles. The number of aromatic nitrogens is 2. The molecular weight excluding hydrogens is 363 g/mol. The van der Waals surface area contributed by atoms with Gasteiger partial charge in [0.25, 0.3) is 0 Å². The number of nitrogens with one attached hydrogen (secondary N) is 1. The van der Waals surface area contributed by atoms with E-state index < -0.39 is 11.7 Å². The Hall–Kier alpha value is -2.19. The zero-order valence-electron chi connectivity index (χ0n) is 13.7. The third-order valence-electron chi connectivity index (χ3n) is 4.27. The van der Waals surface area contributed by atoms with Gasteiger partial charge in [0.2, 0.25) is 0 Å². The van der Waals surface area contributed by atoms with Crippen LogP contribution in [0.5, 0.6) is 0 Å². The minimum Gasteiger partial charge on any atom is -0.377 e. The van der Waals surface area contributed by atoms with Gasteiger partial charge in [0.15, 0.2) is 0 Å². The van der Waals surface area contributed by atoms with Crippen molar-refractivity contribution in [2.75, 3.05) is 24.7 Å². The number of anilines is 1. The van der Waals surface area contributed by atoms with Crippen molar-refractivity contribution in [3.8, 4) is 0 Å². The van der Waals surface area contributed by atoms with Gasteiger partial charge in [-0.3, -0.25) is 0 Å². The normalized spacial score (nSPS) is 18.4. The van der Waals surface area contributed by atoms with Gasteiger partial charge in [-0.05, 0) is 42.5 Å². The van der Waals surface area contributed by atoms with Gasteiger partial charge >= 0.3 is 6.18 Å². The third kappa shape index (κ3) is 3.52. The SMILES string of the molecule is FC(F)(F)c1ccc(SC2COCCN2c2ccc3nc[nH]c3c2)cc1. The molecule has 2 aromatic carbocycles. The summed E-state index contributed by atoms with van der Waals surface area (Å²) in [6.45, 7) is 1.84. The lowest BCUT2D eigenvalue weighted by atomic mass is 10.2. The van der Waals surface area contributed by atoms with Crippen molar-refractivity contribution in [2.24, 2.45) is 0 Å². The molecular formula is C18H16F3N3OS. The maximum atomic E-state index is 12.7. The number of morpholine rings is 1. The predicted molar refractivity (Wildman–Crippen MR) is 95.3 cm³/mol. The minimum atomic E-state index is -4.32. The van der Waals surface area contributed by atoms with Gasteiger partial charge in [-0.1, -0.05) is 11.8 Å². The number of halogens is 3. The van der Waals surface area contributed by atoms with Crippen LogP contribution in [0, 0.1) is 0 Å². The summed E-state index contributed by atoms with van der Waals surface area (Å²) >= 11 is 1.50. The van der Waals surface area contributed by atoms with Gasteiger partial charge in [-0.15, -0.1) is 0 Å². The second-order valence-corrected chi connectivity index (χ2v) is 7.22. The molecule has 1 fully saturated rings. The maximum absolute atomic E-state index is 12.7. The molecule has 3 aromatic rings. The zero-order chi connectivity index (χ0) is 18.1. The quantitative estimate of drug-likeness (QED) is 0.726. The second kappa shape index (κ2) is 6.85. The van der Waals surface area contributed by atoms with Crippen molar-refractivity contribution in [2.45, 2.75) is 16.4 Å². The van der Waals surface area contributed by atoms with Crippen molar-refractivity contribution in [3.63, 3.8) is 0 Å². The Labute approximate surface area is 152 Å². The largest absolute Gasteiger partial charge is 0.416 e. The smallest absolute Gasteiger partial charge is 0.377 e. The van der Waals surface area contributed by atoms with Crippen molar-refractivity contribution in [3.05, 3.63) is 54.4 Å². The topological polar surface area (TPSA) is 41.1 Å². The lowest BCUT2D eigenvalue weighted by molar-refractivity contribution is -0.137. The summed E-state index contributed by atoms with van der Waals surface area (Å²) < 4.78 is 43.8. The third-order valence-corrected chi connectivity index (χ3v) is 5.48. The van der Waals surface area contributed by atoms with E-state index in [9.17, 15) is 13.2 Å². The number of hydrogen-bond donors (Lipinski definition) is 1. The highest BCUT2D eigenvalue weighted by Gasteiger charge is 2.30. The fourth-order valence-corrected chi connectivity index (χ4v) is 4.08. The number of alkyl halides is 3. The molecule has 26 heavy (non-hydrogen) atoms. The number of hydrogen-bond acceptors (Lipinski definition) is 4. The Morgan fingerprint density at radius 1 is 1.15 bits per heavy atom. The average molecular weight is 379 g/mol. The monoisotopic (exact) mass is 379 g/mol. The van der Waals surface area contributed by atoms with Crippen LogP contribution in [0.3, 0.4) is 0 Å². The van der Waals surface area contributed by atoms with Crippen LogP contribution in [0.1, 0.15) is 5.56 Å². The number of nitrogens with zero attached hydrogens (tertiary/aromatic N) is 2. The highest BCUT2D eigenvalue weighted by molar-refractivity contribution is 8.00. The first kappa shape index (κ1) is 17.2. The number of rotatable bonds is 3. The van der Waals surface area contributed by atoms with Crippen molar-refractivity contribution in [1.29, 1.82) is 0 Å². The van der Waals surface area contributed by atoms with E-state index in [4.69, 9.17) is 4.74 Å². The Morgan fingerprint density at radius 2 is 1.96 bits per heavy atom. The molecule has 4 rings (SSSR count). The number of imidazole rings is 1. The van der Waals surface area contributed by atoms with Crippen LogP contribution in [0.15, 0.2) is 53.7 Å². The molecule has 0 aliphatic carbocycles. The van der Waals surface area contributed by atoms with Gasteiger partial charge in [0, 0.05) is 17.1 Å². The molecule has 4 nitrogen and oxygen atoms in total. The van der Waals surface area contributed by atoms with E-state index in [1.165, 1.54) is 23.9 Å². The molecule has 0 saturated carbocycles. The first-order chi connectivity index (χ1) is 12.5. The molecule has 2 heterocycles. The summed E-state index contributed by atoms with van der Waals surface area (Å²) in [5.74, 6) is 0. The van der Waals surface area contributed by atoms with E-state index in [-0.39, 0.29) is 5.37 Å². The number of H-pyrrole nitrogens is 1. The number of ether oxygens (including phenoxy) is 1. The van der Waals surface area contributed by atoms with Crippen LogP contribution in [-0.2, 0) is 10.9 Å². The van der Waals surface area contributed by atoms with Gasteiger partial charge in [0.05, 0.1) is 36.1 Å². The van der Waals surface area contributed by atoms with E-state index >= 15 is 0 Å². The van der Waals surface area contributed by atoms with E-state index in [1.807, 2.05) is 18.2 Å². The Morgan fingerprint density at radius 3 is 2.73 bits per heavy atom. The highest BCUT2D eigenvalue weighted by atomic mass is 32.2. The minimum absolute atomic E-state index is 0.0131. The first-order valence-corrected chi connectivity index (χ1v) is 9.00. The summed E-state index contributed by atoms with van der Waals surface area (Å²) in [5.41, 5.74) is 2.25. The molecule has 0 radical (unpaired) electrons. The van der Waals surface area contributed by atoms with Crippen LogP contribution in [0.2, 0.25) is 0 Å². The summed E-state index contributed by atoms with van der Waals surface area (Å²) in [6.07, 6.45) is -2.66. The van der Waals surface area contributed by atoms with Gasteiger partial charge < -0.3 is 14.6 Å². The molecule has 136 valence electrons. The van der Waals surface area contributed by atoms with Crippen LogP contribution < -0.4 is 4.90 Å². The number of aromatic amines is 1. The van der Waals surface area contributed by atoms with Gasteiger partial charge in [-0.2, -0.15) is 13.2 Å². The summed E-state index contributed by atoms with van der Waals surface area (Å²) in [5, 5.41) is -0.0131. The summed E-state index contributed by atoms with van der Waals surface area (Å²) in [7, 11) is 0. The van der Waals surface area contributed by atoms with Crippen molar-refractivity contribution in [1.82, 2.24) is 9.97 Å². The van der Waals surface area contributed by atoms with E-state index in [1.54, 1.807) is 6.33 Å². The first-order valence-electron chi connectivity index (χ1n) is 8.12. The molecule has 1 unspecified atom stereocenters.